The molecule has 5 heteroatoms. The van der Waals surface area contributed by atoms with E-state index >= 15 is 0 Å². The number of carbonyl (C=O) groups is 1. The molecule has 0 radical (unpaired) electrons. The normalized spacial score (nSPS) is 12.0. The van der Waals surface area contributed by atoms with Gasteiger partial charge in [0.25, 0.3) is 0 Å². The largest absolute Gasteiger partial charge is 0.478 e. The summed E-state index contributed by atoms with van der Waals surface area (Å²) in [6, 6.07) is 17.5. The SMILES string of the molecule is C#CNc1cc2oc3cc(=[N+](C)CC)c(C)cc-3c(-c3ccccc3C(=O)O)c2cc1C. The van der Waals surface area contributed by atoms with Gasteiger partial charge < -0.3 is 14.8 Å². The van der Waals surface area contributed by atoms with E-state index in [4.69, 9.17) is 10.8 Å². The van der Waals surface area contributed by atoms with Crippen LogP contribution in [-0.4, -0.2) is 24.7 Å². The van der Waals surface area contributed by atoms with Crippen LogP contribution in [0.25, 0.3) is 33.4 Å². The van der Waals surface area contributed by atoms with Crippen LogP contribution in [0.5, 0.6) is 0 Å². The molecule has 0 saturated carbocycles. The van der Waals surface area contributed by atoms with Crippen molar-refractivity contribution in [2.45, 2.75) is 20.8 Å². The van der Waals surface area contributed by atoms with E-state index < -0.39 is 5.97 Å². The molecule has 0 unspecified atom stereocenters. The summed E-state index contributed by atoms with van der Waals surface area (Å²) < 4.78 is 8.51. The maximum atomic E-state index is 12.1. The summed E-state index contributed by atoms with van der Waals surface area (Å²) in [5.41, 5.74) is 6.04. The first-order valence-electron chi connectivity index (χ1n) is 10.5. The first-order chi connectivity index (χ1) is 15.3. The van der Waals surface area contributed by atoms with E-state index in [0.29, 0.717) is 16.9 Å². The lowest BCUT2D eigenvalue weighted by Crippen LogP contribution is -2.28. The van der Waals surface area contributed by atoms with Crippen LogP contribution in [0.3, 0.4) is 0 Å². The molecule has 2 aliphatic rings. The Morgan fingerprint density at radius 2 is 1.88 bits per heavy atom. The maximum Gasteiger partial charge on any atom is 0.336 e. The second-order valence-corrected chi connectivity index (χ2v) is 7.91. The van der Waals surface area contributed by atoms with E-state index in [1.807, 2.05) is 44.3 Å². The number of fused-ring (bicyclic) bond motifs is 2. The summed E-state index contributed by atoms with van der Waals surface area (Å²) in [6.07, 6.45) is 5.46. The van der Waals surface area contributed by atoms with Crippen molar-refractivity contribution < 1.29 is 14.3 Å². The fourth-order valence-electron chi connectivity index (χ4n) is 4.16. The van der Waals surface area contributed by atoms with E-state index in [9.17, 15) is 9.90 Å². The molecule has 0 amide bonds. The van der Waals surface area contributed by atoms with Crippen molar-refractivity contribution in [1.29, 1.82) is 0 Å². The molecule has 2 aromatic rings. The van der Waals surface area contributed by atoms with Gasteiger partial charge in [0.2, 0.25) is 5.36 Å². The van der Waals surface area contributed by atoms with E-state index in [2.05, 4.69) is 35.9 Å². The average molecular weight is 426 g/mol. The number of carboxylic acid groups (broad SMARTS) is 1. The predicted molar refractivity (Wildman–Crippen MR) is 129 cm³/mol. The third-order valence-corrected chi connectivity index (χ3v) is 5.90. The van der Waals surface area contributed by atoms with Crippen LogP contribution in [-0.2, 0) is 0 Å². The molecule has 1 aliphatic heterocycles. The van der Waals surface area contributed by atoms with Gasteiger partial charge in [0, 0.05) is 34.2 Å². The Labute approximate surface area is 187 Å². The number of hydrogen-bond donors (Lipinski definition) is 2. The standard InChI is InChI=1S/C27H24N2O3/c1-6-28-22-14-24-20(12-16(22)3)26(18-10-8-9-11-19(18)27(30)31)21-13-17(4)23(29(5)7-2)15-25(21)32-24/h1,8-15H,7H2,2-5H3,(H,30,31)/p+1. The molecule has 2 aromatic carbocycles. The Bertz CT molecular complexity index is 1450. The van der Waals surface area contributed by atoms with Crippen molar-refractivity contribution in [1.82, 2.24) is 4.58 Å². The third kappa shape index (κ3) is 3.50. The van der Waals surface area contributed by atoms with Gasteiger partial charge in [0.15, 0.2) is 0 Å². The lowest BCUT2D eigenvalue weighted by molar-refractivity contribution is 0.0697. The molecule has 32 heavy (non-hydrogen) atoms. The Morgan fingerprint density at radius 3 is 2.56 bits per heavy atom. The molecule has 2 N–H and O–H groups in total. The molecule has 1 aliphatic carbocycles. The van der Waals surface area contributed by atoms with Gasteiger partial charge in [0.1, 0.15) is 24.9 Å². The maximum absolute atomic E-state index is 12.1. The van der Waals surface area contributed by atoms with Crippen molar-refractivity contribution in [2.24, 2.45) is 0 Å². The topological polar surface area (TPSA) is 65.5 Å². The van der Waals surface area contributed by atoms with Crippen molar-refractivity contribution in [2.75, 3.05) is 18.9 Å². The highest BCUT2D eigenvalue weighted by molar-refractivity contribution is 6.08. The number of aryl methyl sites for hydroxylation is 2. The van der Waals surface area contributed by atoms with Gasteiger partial charge in [-0.15, -0.1) is 0 Å². The van der Waals surface area contributed by atoms with Gasteiger partial charge in [0.05, 0.1) is 17.3 Å². The number of benzene rings is 3. The van der Waals surface area contributed by atoms with E-state index in [0.717, 1.165) is 45.2 Å². The summed E-state index contributed by atoms with van der Waals surface area (Å²) >= 11 is 0. The summed E-state index contributed by atoms with van der Waals surface area (Å²) in [7, 11) is 2.04. The molecule has 160 valence electrons. The molecule has 4 rings (SSSR count). The van der Waals surface area contributed by atoms with Crippen LogP contribution >= 0.6 is 0 Å². The van der Waals surface area contributed by atoms with Gasteiger partial charge in [-0.3, -0.25) is 0 Å². The van der Waals surface area contributed by atoms with Gasteiger partial charge in [-0.1, -0.05) is 24.6 Å². The zero-order valence-corrected chi connectivity index (χ0v) is 18.6. The molecule has 0 atom stereocenters. The van der Waals surface area contributed by atoms with Crippen LogP contribution in [0.15, 0.2) is 52.9 Å². The second kappa shape index (κ2) is 8.24. The van der Waals surface area contributed by atoms with E-state index in [-0.39, 0.29) is 5.56 Å². The van der Waals surface area contributed by atoms with Gasteiger partial charge >= 0.3 is 5.97 Å². The molecule has 0 fully saturated rings. The number of terminal acetylenes is 1. The Kier molecular flexibility index (Phi) is 5.46. The summed E-state index contributed by atoms with van der Waals surface area (Å²) in [6.45, 7) is 6.96. The minimum absolute atomic E-state index is 0.247. The Morgan fingerprint density at radius 1 is 1.12 bits per heavy atom. The van der Waals surface area contributed by atoms with Crippen molar-refractivity contribution in [3.05, 3.63) is 70.6 Å². The van der Waals surface area contributed by atoms with Gasteiger partial charge in [-0.05, 0) is 50.1 Å². The molecular weight excluding hydrogens is 400 g/mol. The monoisotopic (exact) mass is 425 g/mol. The number of rotatable bonds is 4. The number of hydrogen-bond acceptors (Lipinski definition) is 3. The average Bonchev–Trinajstić information content (AvgIpc) is 2.78. The first-order valence-corrected chi connectivity index (χ1v) is 10.5. The zero-order chi connectivity index (χ0) is 23.0. The minimum atomic E-state index is -0.968. The molecule has 0 spiro atoms. The zero-order valence-electron chi connectivity index (χ0n) is 18.6. The van der Waals surface area contributed by atoms with Crippen LogP contribution in [0.2, 0.25) is 0 Å². The van der Waals surface area contributed by atoms with Crippen molar-refractivity contribution in [3.8, 4) is 34.9 Å². The number of anilines is 1. The van der Waals surface area contributed by atoms with Crippen LogP contribution in [0.4, 0.5) is 5.69 Å². The highest BCUT2D eigenvalue weighted by atomic mass is 16.4. The number of aromatic carboxylic acids is 1. The summed E-state index contributed by atoms with van der Waals surface area (Å²) in [5.74, 6) is -0.284. The highest BCUT2D eigenvalue weighted by Crippen LogP contribution is 2.42. The van der Waals surface area contributed by atoms with E-state index in [1.54, 1.807) is 12.1 Å². The van der Waals surface area contributed by atoms with Gasteiger partial charge in [-0.25, -0.2) is 9.37 Å². The number of nitrogens with zero attached hydrogens (tertiary/aromatic N) is 1. The van der Waals surface area contributed by atoms with Crippen molar-refractivity contribution in [3.63, 3.8) is 0 Å². The predicted octanol–water partition coefficient (Wildman–Crippen LogP) is 4.94. The molecule has 0 aromatic heterocycles. The number of carboxylic acids is 1. The molecule has 0 bridgehead atoms. The Balaban J connectivity index is 2.24. The van der Waals surface area contributed by atoms with Crippen molar-refractivity contribution >= 4 is 22.6 Å². The van der Waals surface area contributed by atoms with E-state index in [1.165, 1.54) is 0 Å². The minimum Gasteiger partial charge on any atom is -0.478 e. The summed E-state index contributed by atoms with van der Waals surface area (Å²) in [4.78, 5) is 12.1. The molecule has 5 nitrogen and oxygen atoms in total. The quantitative estimate of drug-likeness (QED) is 0.210. The van der Waals surface area contributed by atoms with Crippen LogP contribution in [0, 0.1) is 26.3 Å². The molecule has 1 heterocycles. The summed E-state index contributed by atoms with van der Waals surface area (Å²) in [5, 5.41) is 14.7. The second-order valence-electron chi connectivity index (χ2n) is 7.91. The van der Waals surface area contributed by atoms with Crippen LogP contribution < -0.4 is 15.2 Å². The fourth-order valence-corrected chi connectivity index (χ4v) is 4.16. The Hall–Kier alpha value is -4.04. The fraction of sp³-hybridized carbons (Fsp3) is 0.185. The molecular formula is C27H25N2O3+. The lowest BCUT2D eigenvalue weighted by Gasteiger charge is -2.18. The molecule has 0 saturated heterocycles. The number of nitrogens with one attached hydrogen (secondary N) is 1. The highest BCUT2D eigenvalue weighted by Gasteiger charge is 2.23. The smallest absolute Gasteiger partial charge is 0.336 e. The van der Waals surface area contributed by atoms with Crippen LogP contribution in [0.1, 0.15) is 28.4 Å². The first kappa shape index (κ1) is 21.2. The lowest BCUT2D eigenvalue weighted by atomic mass is 9.89. The third-order valence-electron chi connectivity index (χ3n) is 5.90. The van der Waals surface area contributed by atoms with Gasteiger partial charge in [-0.2, -0.15) is 0 Å².